The van der Waals surface area contributed by atoms with Gasteiger partial charge in [-0.1, -0.05) is 17.8 Å². The second kappa shape index (κ2) is 8.46. The normalized spacial score (nSPS) is 17.6. The van der Waals surface area contributed by atoms with Gasteiger partial charge in [-0.15, -0.1) is 11.3 Å². The molecule has 4 heterocycles. The van der Waals surface area contributed by atoms with Crippen LogP contribution >= 0.6 is 23.1 Å². The summed E-state index contributed by atoms with van der Waals surface area (Å²) in [5.74, 6) is 0.620. The maximum absolute atomic E-state index is 12.9. The van der Waals surface area contributed by atoms with Gasteiger partial charge in [-0.25, -0.2) is 0 Å². The van der Waals surface area contributed by atoms with E-state index in [1.165, 1.54) is 11.8 Å². The van der Waals surface area contributed by atoms with Crippen LogP contribution in [0.25, 0.3) is 10.6 Å². The number of hydrogen-bond donors (Lipinski definition) is 1. The Labute approximate surface area is 171 Å². The first-order valence-electron chi connectivity index (χ1n) is 9.17. The second-order valence-electron chi connectivity index (χ2n) is 6.73. The van der Waals surface area contributed by atoms with Crippen molar-refractivity contribution in [3.8, 4) is 10.6 Å². The van der Waals surface area contributed by atoms with Crippen LogP contribution in [-0.2, 0) is 11.3 Å². The van der Waals surface area contributed by atoms with Crippen LogP contribution in [-0.4, -0.2) is 82.1 Å². The number of amides is 2. The smallest absolute Gasteiger partial charge is 0.274 e. The fraction of sp³-hybridized carbons (Fsp3) is 0.444. The maximum atomic E-state index is 12.9. The molecule has 0 atom stereocenters. The molecule has 0 bridgehead atoms. The van der Waals surface area contributed by atoms with Crippen molar-refractivity contribution < 1.29 is 9.59 Å². The molecule has 1 N–H and O–H groups in total. The number of aromatic nitrogens is 2. The summed E-state index contributed by atoms with van der Waals surface area (Å²) in [5, 5.41) is 9.94. The zero-order chi connectivity index (χ0) is 19.5. The number of carbonyl (C=O) groups excluding carboxylic acids is 2. The number of carbonyl (C=O) groups is 2. The lowest BCUT2D eigenvalue weighted by Gasteiger charge is -2.31. The first-order chi connectivity index (χ1) is 13.6. The summed E-state index contributed by atoms with van der Waals surface area (Å²) in [6, 6.07) is 5.71. The number of aliphatic imine (C=N–C) groups is 1. The SMILES string of the molecule is CN1CCN(C(=O)c2cc(-c3cccs3)n(CC(=O)NC3=NCCS3)n2)CC1. The molecule has 0 saturated carbocycles. The molecule has 4 rings (SSSR count). The van der Waals surface area contributed by atoms with Crippen molar-refractivity contribution in [3.63, 3.8) is 0 Å². The van der Waals surface area contributed by atoms with Crippen LogP contribution in [0.3, 0.4) is 0 Å². The van der Waals surface area contributed by atoms with E-state index in [9.17, 15) is 9.59 Å². The number of nitrogens with one attached hydrogen (secondary N) is 1. The van der Waals surface area contributed by atoms with E-state index in [-0.39, 0.29) is 18.4 Å². The lowest BCUT2D eigenvalue weighted by Crippen LogP contribution is -2.47. The molecular formula is C18H22N6O2S2. The summed E-state index contributed by atoms with van der Waals surface area (Å²) < 4.78 is 1.62. The second-order valence-corrected chi connectivity index (χ2v) is 8.76. The minimum Gasteiger partial charge on any atom is -0.335 e. The van der Waals surface area contributed by atoms with Gasteiger partial charge < -0.3 is 15.1 Å². The molecule has 1 fully saturated rings. The van der Waals surface area contributed by atoms with Crippen LogP contribution in [0, 0.1) is 0 Å². The van der Waals surface area contributed by atoms with Gasteiger partial charge in [0.15, 0.2) is 10.9 Å². The number of amidine groups is 1. The van der Waals surface area contributed by atoms with Crippen LogP contribution in [0.4, 0.5) is 0 Å². The molecule has 2 aromatic rings. The predicted molar refractivity (Wildman–Crippen MR) is 112 cm³/mol. The molecule has 0 aromatic carbocycles. The van der Waals surface area contributed by atoms with Crippen LogP contribution < -0.4 is 5.32 Å². The van der Waals surface area contributed by atoms with Gasteiger partial charge in [0.1, 0.15) is 6.54 Å². The van der Waals surface area contributed by atoms with E-state index in [0.29, 0.717) is 24.0 Å². The summed E-state index contributed by atoms with van der Waals surface area (Å²) in [6.07, 6.45) is 0. The largest absolute Gasteiger partial charge is 0.335 e. The molecule has 28 heavy (non-hydrogen) atoms. The zero-order valence-electron chi connectivity index (χ0n) is 15.6. The van der Waals surface area contributed by atoms with E-state index < -0.39 is 0 Å². The number of thioether (sulfide) groups is 1. The van der Waals surface area contributed by atoms with Crippen molar-refractivity contribution in [3.05, 3.63) is 29.3 Å². The lowest BCUT2D eigenvalue weighted by atomic mass is 10.2. The molecule has 0 aliphatic carbocycles. The molecule has 2 aliphatic rings. The summed E-state index contributed by atoms with van der Waals surface area (Å²) in [7, 11) is 2.05. The van der Waals surface area contributed by atoms with Crippen LogP contribution in [0.5, 0.6) is 0 Å². The number of piperazine rings is 1. The third-order valence-electron chi connectivity index (χ3n) is 4.69. The van der Waals surface area contributed by atoms with Gasteiger partial charge in [0.05, 0.1) is 17.1 Å². The highest BCUT2D eigenvalue weighted by molar-refractivity contribution is 8.14. The Hall–Kier alpha value is -2.17. The molecule has 1 saturated heterocycles. The van der Waals surface area contributed by atoms with Crippen molar-refractivity contribution in [1.82, 2.24) is 24.9 Å². The van der Waals surface area contributed by atoms with Gasteiger partial charge in [0, 0.05) is 31.9 Å². The van der Waals surface area contributed by atoms with Crippen LogP contribution in [0.2, 0.25) is 0 Å². The van der Waals surface area contributed by atoms with Crippen molar-refractivity contribution in [2.24, 2.45) is 4.99 Å². The summed E-state index contributed by atoms with van der Waals surface area (Å²) in [5.41, 5.74) is 1.16. The number of thiophene rings is 1. The highest BCUT2D eigenvalue weighted by Crippen LogP contribution is 2.26. The van der Waals surface area contributed by atoms with E-state index >= 15 is 0 Å². The molecule has 2 amide bonds. The average Bonchev–Trinajstić information content (AvgIpc) is 3.43. The van der Waals surface area contributed by atoms with Crippen molar-refractivity contribution >= 4 is 40.1 Å². The van der Waals surface area contributed by atoms with Gasteiger partial charge in [-0.2, -0.15) is 5.10 Å². The molecule has 2 aromatic heterocycles. The van der Waals surface area contributed by atoms with Crippen molar-refractivity contribution in [1.29, 1.82) is 0 Å². The summed E-state index contributed by atoms with van der Waals surface area (Å²) >= 11 is 3.10. The highest BCUT2D eigenvalue weighted by Gasteiger charge is 2.25. The Morgan fingerprint density at radius 1 is 1.25 bits per heavy atom. The molecular weight excluding hydrogens is 396 g/mol. The number of nitrogens with zero attached hydrogens (tertiary/aromatic N) is 5. The van der Waals surface area contributed by atoms with Gasteiger partial charge in [0.2, 0.25) is 5.91 Å². The van der Waals surface area contributed by atoms with E-state index in [0.717, 1.165) is 36.0 Å². The van der Waals surface area contributed by atoms with Crippen molar-refractivity contribution in [2.75, 3.05) is 45.5 Å². The fourth-order valence-corrected chi connectivity index (χ4v) is 4.63. The molecule has 0 spiro atoms. The third kappa shape index (κ3) is 4.29. The Kier molecular flexibility index (Phi) is 5.79. The quantitative estimate of drug-likeness (QED) is 0.807. The van der Waals surface area contributed by atoms with E-state index in [1.807, 2.05) is 22.4 Å². The first-order valence-corrected chi connectivity index (χ1v) is 11.0. The minimum atomic E-state index is -0.187. The molecule has 148 valence electrons. The molecule has 0 unspecified atom stereocenters. The average molecular weight is 419 g/mol. The third-order valence-corrected chi connectivity index (χ3v) is 6.47. The predicted octanol–water partition coefficient (Wildman–Crippen LogP) is 1.22. The molecule has 2 aliphatic heterocycles. The van der Waals surface area contributed by atoms with Gasteiger partial charge in [0.25, 0.3) is 5.91 Å². The van der Waals surface area contributed by atoms with Gasteiger partial charge >= 0.3 is 0 Å². The van der Waals surface area contributed by atoms with Crippen LogP contribution in [0.1, 0.15) is 10.5 Å². The highest BCUT2D eigenvalue weighted by atomic mass is 32.2. The Bertz CT molecular complexity index is 884. The first kappa shape index (κ1) is 19.2. The standard InChI is InChI=1S/C18H22N6O2S2/c1-22-5-7-23(8-6-22)17(26)13-11-14(15-3-2-9-27-15)24(21-13)12-16(25)20-18-19-4-10-28-18/h2-3,9,11H,4-8,10,12H2,1H3,(H,19,20,25). The van der Waals surface area contributed by atoms with E-state index in [1.54, 1.807) is 22.1 Å². The lowest BCUT2D eigenvalue weighted by molar-refractivity contribution is -0.120. The maximum Gasteiger partial charge on any atom is 0.274 e. The number of rotatable bonds is 4. The summed E-state index contributed by atoms with van der Waals surface area (Å²) in [6.45, 7) is 3.86. The van der Waals surface area contributed by atoms with Gasteiger partial charge in [-0.3, -0.25) is 19.3 Å². The summed E-state index contributed by atoms with van der Waals surface area (Å²) in [4.78, 5) is 34.6. The molecule has 0 radical (unpaired) electrons. The van der Waals surface area contributed by atoms with Crippen molar-refractivity contribution in [2.45, 2.75) is 6.54 Å². The molecule has 10 heteroatoms. The zero-order valence-corrected chi connectivity index (χ0v) is 17.3. The molecule has 8 nitrogen and oxygen atoms in total. The topological polar surface area (TPSA) is 82.8 Å². The Morgan fingerprint density at radius 3 is 2.75 bits per heavy atom. The van der Waals surface area contributed by atoms with E-state index in [2.05, 4.69) is 27.4 Å². The number of likely N-dealkylation sites (N-methyl/N-ethyl adjacent to an activating group) is 1. The van der Waals surface area contributed by atoms with Crippen LogP contribution in [0.15, 0.2) is 28.6 Å². The van der Waals surface area contributed by atoms with Gasteiger partial charge in [-0.05, 0) is 24.6 Å². The fourth-order valence-electron chi connectivity index (χ4n) is 3.14. The monoisotopic (exact) mass is 418 g/mol. The number of hydrogen-bond acceptors (Lipinski definition) is 7. The van der Waals surface area contributed by atoms with E-state index in [4.69, 9.17) is 0 Å². The Balaban J connectivity index is 1.54. The minimum absolute atomic E-state index is 0.0445. The Morgan fingerprint density at radius 2 is 2.07 bits per heavy atom.